The van der Waals surface area contributed by atoms with Gasteiger partial charge in [-0.05, 0) is 56.0 Å². The molecular weight excluding hydrogens is 420 g/mol. The number of aromatic nitrogens is 2. The predicted octanol–water partition coefficient (Wildman–Crippen LogP) is 2.73. The number of methoxy groups -OCH3 is 2. The van der Waals surface area contributed by atoms with E-state index in [-0.39, 0.29) is 23.7 Å². The van der Waals surface area contributed by atoms with Gasteiger partial charge < -0.3 is 19.8 Å². The maximum absolute atomic E-state index is 12.7. The van der Waals surface area contributed by atoms with Crippen LogP contribution in [0.25, 0.3) is 11.0 Å². The summed E-state index contributed by atoms with van der Waals surface area (Å²) in [6, 6.07) is 13.5. The lowest BCUT2D eigenvalue weighted by atomic mass is 10.0. The highest BCUT2D eigenvalue weighted by atomic mass is 16.5. The fraction of sp³-hybridized carbons (Fsp3) is 0.440. The molecule has 0 aliphatic carbocycles. The molecule has 4 rings (SSSR count). The van der Waals surface area contributed by atoms with Crippen LogP contribution in [-0.4, -0.2) is 60.3 Å². The molecule has 1 amide bonds. The van der Waals surface area contributed by atoms with Gasteiger partial charge in [-0.15, -0.1) is 0 Å². The summed E-state index contributed by atoms with van der Waals surface area (Å²) in [6.45, 7) is 4.06. The van der Waals surface area contributed by atoms with Crippen LogP contribution in [-0.2, 0) is 11.2 Å². The molecule has 1 aliphatic rings. The van der Waals surface area contributed by atoms with Crippen LogP contribution in [0.15, 0.2) is 47.3 Å². The van der Waals surface area contributed by atoms with Gasteiger partial charge in [0.25, 0.3) is 0 Å². The minimum Gasteiger partial charge on any atom is -0.493 e. The number of fused-ring (bicyclic) bond motifs is 1. The molecular formula is C25H32N4O4. The van der Waals surface area contributed by atoms with Crippen molar-refractivity contribution < 1.29 is 14.3 Å². The molecule has 1 unspecified atom stereocenters. The van der Waals surface area contributed by atoms with Crippen molar-refractivity contribution in [3.8, 4) is 11.5 Å². The van der Waals surface area contributed by atoms with E-state index in [0.717, 1.165) is 42.5 Å². The molecule has 0 radical (unpaired) electrons. The monoisotopic (exact) mass is 452 g/mol. The minimum atomic E-state index is -0.212. The minimum absolute atomic E-state index is 0.0261. The number of aromatic amines is 1. The van der Waals surface area contributed by atoms with Crippen LogP contribution < -0.4 is 20.5 Å². The molecule has 176 valence electrons. The average molecular weight is 453 g/mol. The van der Waals surface area contributed by atoms with Crippen LogP contribution in [0.2, 0.25) is 0 Å². The fourth-order valence-electron chi connectivity index (χ4n) is 4.65. The predicted molar refractivity (Wildman–Crippen MR) is 128 cm³/mol. The Bertz CT molecular complexity index is 1160. The van der Waals surface area contributed by atoms with E-state index in [4.69, 9.17) is 9.47 Å². The standard InChI is InChI=1S/C25H32N4O4/c1-17(24(30)26-13-10-18-8-9-22(32-2)23(16-18)33-3)28-14-11-19(12-15-28)29-21-7-5-4-6-20(21)27-25(29)31/h4-9,16-17,19H,10-15H2,1-3H3,(H,26,30)(H,27,31). The number of hydrogen-bond acceptors (Lipinski definition) is 5. The highest BCUT2D eigenvalue weighted by Crippen LogP contribution is 2.28. The van der Waals surface area contributed by atoms with Crippen molar-refractivity contribution in [2.24, 2.45) is 0 Å². The van der Waals surface area contributed by atoms with Gasteiger partial charge in [0.2, 0.25) is 5.91 Å². The number of piperidine rings is 1. The summed E-state index contributed by atoms with van der Waals surface area (Å²) >= 11 is 0. The maximum Gasteiger partial charge on any atom is 0.326 e. The second-order valence-electron chi connectivity index (χ2n) is 8.49. The molecule has 2 heterocycles. The summed E-state index contributed by atoms with van der Waals surface area (Å²) in [5.41, 5.74) is 2.83. The maximum atomic E-state index is 12.7. The first-order chi connectivity index (χ1) is 16.0. The van der Waals surface area contributed by atoms with Gasteiger partial charge in [0, 0.05) is 25.7 Å². The number of carbonyl (C=O) groups excluding carboxylic acids is 1. The number of hydrogen-bond donors (Lipinski definition) is 2. The van der Waals surface area contributed by atoms with Gasteiger partial charge in [-0.3, -0.25) is 14.3 Å². The number of benzene rings is 2. The molecule has 1 saturated heterocycles. The van der Waals surface area contributed by atoms with Crippen LogP contribution in [0.5, 0.6) is 11.5 Å². The highest BCUT2D eigenvalue weighted by molar-refractivity contribution is 5.81. The van der Waals surface area contributed by atoms with Gasteiger partial charge in [-0.1, -0.05) is 18.2 Å². The van der Waals surface area contributed by atoms with E-state index in [1.54, 1.807) is 14.2 Å². The third-order valence-electron chi connectivity index (χ3n) is 6.58. The molecule has 33 heavy (non-hydrogen) atoms. The Kier molecular flexibility index (Phi) is 7.03. The van der Waals surface area contributed by atoms with Crippen molar-refractivity contribution >= 4 is 16.9 Å². The van der Waals surface area contributed by atoms with E-state index in [1.807, 2.05) is 54.0 Å². The largest absolute Gasteiger partial charge is 0.493 e. The van der Waals surface area contributed by atoms with Crippen molar-refractivity contribution in [2.75, 3.05) is 33.9 Å². The van der Waals surface area contributed by atoms with Gasteiger partial charge in [-0.2, -0.15) is 0 Å². The summed E-state index contributed by atoms with van der Waals surface area (Å²) in [6.07, 6.45) is 2.39. The molecule has 2 N–H and O–H groups in total. The number of ether oxygens (including phenoxy) is 2. The van der Waals surface area contributed by atoms with Gasteiger partial charge in [-0.25, -0.2) is 4.79 Å². The van der Waals surface area contributed by atoms with Crippen LogP contribution in [0, 0.1) is 0 Å². The lowest BCUT2D eigenvalue weighted by molar-refractivity contribution is -0.126. The average Bonchev–Trinajstić information content (AvgIpc) is 3.19. The van der Waals surface area contributed by atoms with E-state index in [9.17, 15) is 9.59 Å². The number of nitrogens with zero attached hydrogens (tertiary/aromatic N) is 2. The fourth-order valence-corrected chi connectivity index (χ4v) is 4.65. The van der Waals surface area contributed by atoms with Crippen LogP contribution >= 0.6 is 0 Å². The van der Waals surface area contributed by atoms with Crippen LogP contribution in [0.3, 0.4) is 0 Å². The van der Waals surface area contributed by atoms with Gasteiger partial charge >= 0.3 is 5.69 Å². The number of amides is 1. The molecule has 0 bridgehead atoms. The molecule has 8 nitrogen and oxygen atoms in total. The van der Waals surface area contributed by atoms with Crippen LogP contribution in [0.1, 0.15) is 31.4 Å². The van der Waals surface area contributed by atoms with Crippen molar-refractivity contribution in [1.82, 2.24) is 19.8 Å². The summed E-state index contributed by atoms with van der Waals surface area (Å²) in [5, 5.41) is 3.05. The van der Waals surface area contributed by atoms with Gasteiger partial charge in [0.15, 0.2) is 11.5 Å². The first kappa shape index (κ1) is 22.9. The summed E-state index contributed by atoms with van der Waals surface area (Å²) in [7, 11) is 3.23. The zero-order valence-corrected chi connectivity index (χ0v) is 19.5. The number of carbonyl (C=O) groups is 1. The zero-order chi connectivity index (χ0) is 23.4. The lowest BCUT2D eigenvalue weighted by Gasteiger charge is -2.35. The Hall–Kier alpha value is -3.26. The Morgan fingerprint density at radius 3 is 2.58 bits per heavy atom. The second-order valence-corrected chi connectivity index (χ2v) is 8.49. The van der Waals surface area contributed by atoms with E-state index in [1.165, 1.54) is 0 Å². The third-order valence-corrected chi connectivity index (χ3v) is 6.58. The van der Waals surface area contributed by atoms with Gasteiger partial charge in [0.1, 0.15) is 0 Å². The zero-order valence-electron chi connectivity index (χ0n) is 19.5. The van der Waals surface area contributed by atoms with Crippen LogP contribution in [0.4, 0.5) is 0 Å². The number of para-hydroxylation sites is 2. The molecule has 1 fully saturated rings. The van der Waals surface area contributed by atoms with E-state index >= 15 is 0 Å². The highest BCUT2D eigenvalue weighted by Gasteiger charge is 2.28. The Labute approximate surface area is 193 Å². The third kappa shape index (κ3) is 4.90. The van der Waals surface area contributed by atoms with Gasteiger partial charge in [0.05, 0.1) is 31.3 Å². The van der Waals surface area contributed by atoms with E-state index in [2.05, 4.69) is 15.2 Å². The lowest BCUT2D eigenvalue weighted by Crippen LogP contribution is -2.49. The first-order valence-electron chi connectivity index (χ1n) is 11.4. The molecule has 1 atom stereocenters. The molecule has 1 aromatic heterocycles. The Balaban J connectivity index is 1.29. The quantitative estimate of drug-likeness (QED) is 0.549. The smallest absolute Gasteiger partial charge is 0.326 e. The van der Waals surface area contributed by atoms with E-state index < -0.39 is 0 Å². The molecule has 8 heteroatoms. The number of imidazole rings is 1. The normalized spacial score (nSPS) is 16.0. The first-order valence-corrected chi connectivity index (χ1v) is 11.4. The summed E-state index contributed by atoms with van der Waals surface area (Å²) in [4.78, 5) is 30.4. The topological polar surface area (TPSA) is 88.6 Å². The van der Waals surface area contributed by atoms with E-state index in [0.29, 0.717) is 24.5 Å². The SMILES string of the molecule is COc1ccc(CCNC(=O)C(C)N2CCC(n3c(=O)[nH]c4ccccc43)CC2)cc1OC. The van der Waals surface area contributed by atoms with Crippen molar-refractivity contribution in [2.45, 2.75) is 38.3 Å². The second kappa shape index (κ2) is 10.1. The molecule has 3 aromatic rings. The van der Waals surface area contributed by atoms with Crippen molar-refractivity contribution in [1.29, 1.82) is 0 Å². The Morgan fingerprint density at radius 2 is 1.85 bits per heavy atom. The number of nitrogens with one attached hydrogen (secondary N) is 2. The molecule has 0 spiro atoms. The number of H-pyrrole nitrogens is 1. The van der Waals surface area contributed by atoms with Crippen molar-refractivity contribution in [3.63, 3.8) is 0 Å². The summed E-state index contributed by atoms with van der Waals surface area (Å²) in [5.74, 6) is 1.40. The molecule has 0 saturated carbocycles. The molecule has 1 aliphatic heterocycles. The number of rotatable bonds is 8. The Morgan fingerprint density at radius 1 is 1.12 bits per heavy atom. The summed E-state index contributed by atoms with van der Waals surface area (Å²) < 4.78 is 12.5. The van der Waals surface area contributed by atoms with Crippen molar-refractivity contribution in [3.05, 3.63) is 58.5 Å². The number of likely N-dealkylation sites (tertiary alicyclic amines) is 1. The molecule has 2 aromatic carbocycles.